The lowest BCUT2D eigenvalue weighted by Gasteiger charge is -2.51. The molecule has 1 saturated carbocycles. The van der Waals surface area contributed by atoms with Gasteiger partial charge in [-0.1, -0.05) is 38.1 Å². The SMILES string of the molecule is CC(C)C1CC2CCc3ccccc3C21. The zero-order valence-corrected chi connectivity index (χ0v) is 9.74. The van der Waals surface area contributed by atoms with E-state index < -0.39 is 0 Å². The third-order valence-electron chi connectivity index (χ3n) is 4.60. The van der Waals surface area contributed by atoms with Gasteiger partial charge in [0.2, 0.25) is 0 Å². The largest absolute Gasteiger partial charge is 0.0625 e. The van der Waals surface area contributed by atoms with Gasteiger partial charge in [0.1, 0.15) is 0 Å². The number of aryl methyl sites for hydroxylation is 1. The minimum Gasteiger partial charge on any atom is -0.0625 e. The van der Waals surface area contributed by atoms with E-state index in [1.54, 1.807) is 11.1 Å². The maximum absolute atomic E-state index is 2.39. The van der Waals surface area contributed by atoms with Crippen LogP contribution in [0.25, 0.3) is 0 Å². The van der Waals surface area contributed by atoms with E-state index in [0.29, 0.717) is 0 Å². The molecule has 0 spiro atoms. The fraction of sp³-hybridized carbons (Fsp3) is 0.600. The topological polar surface area (TPSA) is 0 Å². The van der Waals surface area contributed by atoms with Crippen molar-refractivity contribution in [1.82, 2.24) is 0 Å². The highest BCUT2D eigenvalue weighted by Gasteiger charge is 2.45. The number of hydrogen-bond donors (Lipinski definition) is 0. The molecule has 0 nitrogen and oxygen atoms in total. The number of fused-ring (bicyclic) bond motifs is 3. The van der Waals surface area contributed by atoms with E-state index in [1.165, 1.54) is 19.3 Å². The van der Waals surface area contributed by atoms with Gasteiger partial charge in [0, 0.05) is 0 Å². The average molecular weight is 200 g/mol. The molecule has 3 atom stereocenters. The van der Waals surface area contributed by atoms with Crippen LogP contribution in [0, 0.1) is 17.8 Å². The molecule has 0 bridgehead atoms. The monoisotopic (exact) mass is 200 g/mol. The van der Waals surface area contributed by atoms with Crippen molar-refractivity contribution in [3.63, 3.8) is 0 Å². The third kappa shape index (κ3) is 1.34. The van der Waals surface area contributed by atoms with Gasteiger partial charge in [0.05, 0.1) is 0 Å². The maximum Gasteiger partial charge on any atom is -0.00998 e. The van der Waals surface area contributed by atoms with E-state index in [1.807, 2.05) is 0 Å². The van der Waals surface area contributed by atoms with E-state index in [-0.39, 0.29) is 0 Å². The molecule has 15 heavy (non-hydrogen) atoms. The van der Waals surface area contributed by atoms with Crippen LogP contribution in [0.15, 0.2) is 24.3 Å². The Bertz CT molecular complexity index is 364. The van der Waals surface area contributed by atoms with Gasteiger partial charge in [0.15, 0.2) is 0 Å². The molecule has 0 radical (unpaired) electrons. The molecule has 0 aromatic heterocycles. The Balaban J connectivity index is 1.96. The van der Waals surface area contributed by atoms with Crippen molar-refractivity contribution in [2.45, 2.75) is 39.0 Å². The van der Waals surface area contributed by atoms with E-state index >= 15 is 0 Å². The molecule has 2 aliphatic rings. The van der Waals surface area contributed by atoms with Crippen LogP contribution in [0.2, 0.25) is 0 Å². The van der Waals surface area contributed by atoms with Crippen LogP contribution in [-0.4, -0.2) is 0 Å². The second-order valence-electron chi connectivity index (χ2n) is 5.67. The van der Waals surface area contributed by atoms with Crippen molar-refractivity contribution in [1.29, 1.82) is 0 Å². The summed E-state index contributed by atoms with van der Waals surface area (Å²) in [4.78, 5) is 0. The molecule has 0 N–H and O–H groups in total. The van der Waals surface area contributed by atoms with Gasteiger partial charge >= 0.3 is 0 Å². The summed E-state index contributed by atoms with van der Waals surface area (Å²) in [5.74, 6) is 3.72. The first kappa shape index (κ1) is 9.45. The van der Waals surface area contributed by atoms with Crippen molar-refractivity contribution < 1.29 is 0 Å². The fourth-order valence-electron chi connectivity index (χ4n) is 3.69. The summed E-state index contributed by atoms with van der Waals surface area (Å²) >= 11 is 0. The van der Waals surface area contributed by atoms with Gasteiger partial charge in [-0.3, -0.25) is 0 Å². The first-order chi connectivity index (χ1) is 7.27. The Morgan fingerprint density at radius 2 is 2.00 bits per heavy atom. The van der Waals surface area contributed by atoms with Gasteiger partial charge < -0.3 is 0 Å². The first-order valence-electron chi connectivity index (χ1n) is 6.35. The fourth-order valence-corrected chi connectivity index (χ4v) is 3.69. The van der Waals surface area contributed by atoms with E-state index in [2.05, 4.69) is 38.1 Å². The zero-order chi connectivity index (χ0) is 10.4. The molecule has 2 aliphatic carbocycles. The van der Waals surface area contributed by atoms with Crippen LogP contribution < -0.4 is 0 Å². The highest BCUT2D eigenvalue weighted by atomic mass is 14.5. The molecule has 0 heterocycles. The molecule has 1 aromatic carbocycles. The normalized spacial score (nSPS) is 33.1. The lowest BCUT2D eigenvalue weighted by Crippen LogP contribution is -2.40. The van der Waals surface area contributed by atoms with Crippen molar-refractivity contribution in [3.8, 4) is 0 Å². The van der Waals surface area contributed by atoms with Crippen molar-refractivity contribution in [2.24, 2.45) is 17.8 Å². The average Bonchev–Trinajstić information content (AvgIpc) is 2.17. The van der Waals surface area contributed by atoms with Crippen molar-refractivity contribution in [2.75, 3.05) is 0 Å². The lowest BCUT2D eigenvalue weighted by atomic mass is 9.54. The Kier molecular flexibility index (Phi) is 2.12. The molecule has 1 aromatic rings. The molecule has 0 amide bonds. The highest BCUT2D eigenvalue weighted by molar-refractivity contribution is 5.36. The molecule has 80 valence electrons. The predicted molar refractivity (Wildman–Crippen MR) is 63.9 cm³/mol. The Labute approximate surface area is 92.7 Å². The van der Waals surface area contributed by atoms with Gasteiger partial charge in [-0.15, -0.1) is 0 Å². The number of rotatable bonds is 1. The van der Waals surface area contributed by atoms with Gasteiger partial charge in [-0.05, 0) is 54.1 Å². The Hall–Kier alpha value is -0.780. The van der Waals surface area contributed by atoms with Crippen LogP contribution in [0.4, 0.5) is 0 Å². The molecule has 3 unspecified atom stereocenters. The van der Waals surface area contributed by atoms with Crippen LogP contribution in [0.1, 0.15) is 43.7 Å². The van der Waals surface area contributed by atoms with E-state index in [0.717, 1.165) is 23.7 Å². The molecule has 0 heteroatoms. The summed E-state index contributed by atoms with van der Waals surface area (Å²) in [7, 11) is 0. The second-order valence-corrected chi connectivity index (χ2v) is 5.67. The zero-order valence-electron chi connectivity index (χ0n) is 9.74. The van der Waals surface area contributed by atoms with Crippen LogP contribution in [0.5, 0.6) is 0 Å². The van der Waals surface area contributed by atoms with Gasteiger partial charge in [0.25, 0.3) is 0 Å². The quantitative estimate of drug-likeness (QED) is 0.642. The van der Waals surface area contributed by atoms with Crippen LogP contribution >= 0.6 is 0 Å². The summed E-state index contributed by atoms with van der Waals surface area (Å²) in [6.07, 6.45) is 4.24. The molecule has 3 rings (SSSR count). The van der Waals surface area contributed by atoms with E-state index in [9.17, 15) is 0 Å². The lowest BCUT2D eigenvalue weighted by molar-refractivity contribution is 0.0801. The minimum absolute atomic E-state index is 0.859. The van der Waals surface area contributed by atoms with Crippen molar-refractivity contribution >= 4 is 0 Å². The molecular weight excluding hydrogens is 180 g/mol. The Morgan fingerprint density at radius 1 is 1.20 bits per heavy atom. The minimum atomic E-state index is 0.859. The first-order valence-corrected chi connectivity index (χ1v) is 6.35. The summed E-state index contributed by atoms with van der Waals surface area (Å²) in [5, 5.41) is 0. The number of benzene rings is 1. The summed E-state index contributed by atoms with van der Waals surface area (Å²) < 4.78 is 0. The molecule has 0 aliphatic heterocycles. The molecular formula is C15H20. The van der Waals surface area contributed by atoms with Gasteiger partial charge in [-0.25, -0.2) is 0 Å². The predicted octanol–water partition coefficient (Wildman–Crippen LogP) is 4.01. The molecule has 0 saturated heterocycles. The Morgan fingerprint density at radius 3 is 2.80 bits per heavy atom. The summed E-state index contributed by atoms with van der Waals surface area (Å²) in [6, 6.07) is 9.13. The van der Waals surface area contributed by atoms with Crippen molar-refractivity contribution in [3.05, 3.63) is 35.4 Å². The molecule has 1 fully saturated rings. The maximum atomic E-state index is 2.39. The smallest absolute Gasteiger partial charge is 0.00998 e. The van der Waals surface area contributed by atoms with Crippen LogP contribution in [-0.2, 0) is 6.42 Å². The third-order valence-corrected chi connectivity index (χ3v) is 4.60. The van der Waals surface area contributed by atoms with E-state index in [4.69, 9.17) is 0 Å². The van der Waals surface area contributed by atoms with Crippen LogP contribution in [0.3, 0.4) is 0 Å². The number of hydrogen-bond acceptors (Lipinski definition) is 0. The summed E-state index contributed by atoms with van der Waals surface area (Å²) in [6.45, 7) is 4.77. The summed E-state index contributed by atoms with van der Waals surface area (Å²) in [5.41, 5.74) is 3.31. The standard InChI is InChI=1S/C15H20/c1-10(2)14-9-12-8-7-11-5-3-4-6-13(11)15(12)14/h3-6,10,12,14-15H,7-9H2,1-2H3. The second kappa shape index (κ2) is 3.37. The highest BCUT2D eigenvalue weighted by Crippen LogP contribution is 2.55. The van der Waals surface area contributed by atoms with Gasteiger partial charge in [-0.2, -0.15) is 0 Å².